The minimum Gasteiger partial charge on any atom is -0.488 e. The van der Waals surface area contributed by atoms with Crippen molar-refractivity contribution in [2.24, 2.45) is 5.41 Å². The molecule has 0 saturated heterocycles. The molecule has 0 N–H and O–H groups in total. The molecule has 0 spiro atoms. The molecule has 39 heavy (non-hydrogen) atoms. The lowest BCUT2D eigenvalue weighted by Crippen LogP contribution is -2.29. The maximum atomic E-state index is 6.32. The fourth-order valence-electron chi connectivity index (χ4n) is 5.97. The molecule has 200 valence electrons. The normalized spacial score (nSPS) is 14.1. The molecule has 0 saturated carbocycles. The number of allylic oxidation sites excluding steroid dienone is 1. The second-order valence-electron chi connectivity index (χ2n) is 13.2. The van der Waals surface area contributed by atoms with E-state index in [1.54, 1.807) is 0 Å². The summed E-state index contributed by atoms with van der Waals surface area (Å²) in [6.07, 6.45) is 0.897. The Kier molecular flexibility index (Phi) is 6.62. The fraction of sp³-hybridized carbons (Fsp3) is 0.316. The van der Waals surface area contributed by atoms with Gasteiger partial charge in [-0.3, -0.25) is 0 Å². The van der Waals surface area contributed by atoms with Crippen molar-refractivity contribution in [3.05, 3.63) is 136 Å². The van der Waals surface area contributed by atoms with Crippen LogP contribution in [0.5, 0.6) is 5.75 Å². The van der Waals surface area contributed by atoms with Crippen molar-refractivity contribution in [1.29, 1.82) is 0 Å². The SMILES string of the molecule is C=C(Cc1ccc(C2(c3ccc(OC(C)(C)C)c(C)c3)c3ccccc3-c3ccccc32)cc1C)C(C)(C)C. The molecule has 1 nitrogen and oxygen atoms in total. The predicted octanol–water partition coefficient (Wildman–Crippen LogP) is 9.99. The summed E-state index contributed by atoms with van der Waals surface area (Å²) in [7, 11) is 0. The molecule has 4 aromatic rings. The lowest BCUT2D eigenvalue weighted by molar-refractivity contribution is 0.130. The minimum atomic E-state index is -0.414. The van der Waals surface area contributed by atoms with E-state index in [0.717, 1.165) is 17.7 Å². The number of fused-ring (bicyclic) bond motifs is 3. The van der Waals surface area contributed by atoms with E-state index in [0.29, 0.717) is 0 Å². The lowest BCUT2D eigenvalue weighted by atomic mass is 9.67. The molecule has 0 radical (unpaired) electrons. The molecule has 4 aromatic carbocycles. The molecule has 0 atom stereocenters. The second kappa shape index (κ2) is 9.56. The largest absolute Gasteiger partial charge is 0.488 e. The molecule has 0 aromatic heterocycles. The van der Waals surface area contributed by atoms with Crippen LogP contribution in [0.15, 0.2) is 97.1 Å². The van der Waals surface area contributed by atoms with E-state index < -0.39 is 5.41 Å². The third-order valence-corrected chi connectivity index (χ3v) is 8.22. The third kappa shape index (κ3) is 4.73. The van der Waals surface area contributed by atoms with Gasteiger partial charge < -0.3 is 4.74 Å². The molecule has 0 amide bonds. The Balaban J connectivity index is 1.76. The van der Waals surface area contributed by atoms with E-state index in [9.17, 15) is 0 Å². The van der Waals surface area contributed by atoms with Crippen LogP contribution < -0.4 is 4.74 Å². The standard InChI is InChI=1S/C38H42O/c1-25-22-29(19-18-28(25)24-27(3)36(4,5)6)38(30-20-21-35(26(2)23-30)39-37(7,8)9)33-16-12-10-14-31(33)32-15-11-13-17-34(32)38/h10-23H,3,24H2,1-2,4-9H3. The molecule has 0 bridgehead atoms. The number of benzene rings is 4. The molecule has 0 heterocycles. The average Bonchev–Trinajstić information content (AvgIpc) is 3.16. The number of hydrogen-bond acceptors (Lipinski definition) is 1. The van der Waals surface area contributed by atoms with Gasteiger partial charge in [0.1, 0.15) is 11.4 Å². The maximum absolute atomic E-state index is 6.32. The van der Waals surface area contributed by atoms with E-state index in [4.69, 9.17) is 4.74 Å². The van der Waals surface area contributed by atoms with Crippen LogP contribution in [0.3, 0.4) is 0 Å². The first kappa shape index (κ1) is 27.0. The maximum Gasteiger partial charge on any atom is 0.123 e. The van der Waals surface area contributed by atoms with Crippen LogP contribution in [-0.2, 0) is 11.8 Å². The number of rotatable bonds is 5. The zero-order valence-corrected chi connectivity index (χ0v) is 24.9. The first-order chi connectivity index (χ1) is 18.3. The Labute approximate surface area is 235 Å². The summed E-state index contributed by atoms with van der Waals surface area (Å²) in [6, 6.07) is 31.7. The van der Waals surface area contributed by atoms with E-state index in [-0.39, 0.29) is 11.0 Å². The Morgan fingerprint density at radius 3 is 1.69 bits per heavy atom. The van der Waals surface area contributed by atoms with Gasteiger partial charge in [0.15, 0.2) is 0 Å². The van der Waals surface area contributed by atoms with Crippen molar-refractivity contribution >= 4 is 0 Å². The van der Waals surface area contributed by atoms with Crippen LogP contribution in [0.1, 0.15) is 80.5 Å². The highest BCUT2D eigenvalue weighted by molar-refractivity contribution is 5.86. The van der Waals surface area contributed by atoms with Gasteiger partial charge in [0.05, 0.1) is 5.41 Å². The molecule has 0 fully saturated rings. The first-order valence-corrected chi connectivity index (χ1v) is 14.1. The molecule has 1 heteroatoms. The monoisotopic (exact) mass is 514 g/mol. The number of hydrogen-bond donors (Lipinski definition) is 0. The van der Waals surface area contributed by atoms with Crippen molar-refractivity contribution in [2.75, 3.05) is 0 Å². The van der Waals surface area contributed by atoms with Crippen LogP contribution in [0.2, 0.25) is 0 Å². The van der Waals surface area contributed by atoms with Crippen molar-refractivity contribution in [1.82, 2.24) is 0 Å². The summed E-state index contributed by atoms with van der Waals surface area (Å²) < 4.78 is 6.32. The van der Waals surface area contributed by atoms with E-state index in [1.807, 2.05) is 0 Å². The second-order valence-corrected chi connectivity index (χ2v) is 13.2. The zero-order valence-electron chi connectivity index (χ0n) is 24.9. The minimum absolute atomic E-state index is 0.0874. The quantitative estimate of drug-likeness (QED) is 0.212. The van der Waals surface area contributed by atoms with Crippen LogP contribution in [0.25, 0.3) is 11.1 Å². The molecule has 5 rings (SSSR count). The lowest BCUT2D eigenvalue weighted by Gasteiger charge is -2.35. The smallest absolute Gasteiger partial charge is 0.123 e. The Bertz CT molecular complexity index is 1510. The van der Waals surface area contributed by atoms with Crippen LogP contribution >= 0.6 is 0 Å². The van der Waals surface area contributed by atoms with E-state index in [1.165, 1.54) is 50.1 Å². The fourth-order valence-corrected chi connectivity index (χ4v) is 5.97. The van der Waals surface area contributed by atoms with E-state index in [2.05, 4.69) is 147 Å². The van der Waals surface area contributed by atoms with Gasteiger partial charge >= 0.3 is 0 Å². The van der Waals surface area contributed by atoms with Crippen molar-refractivity contribution in [3.63, 3.8) is 0 Å². The van der Waals surface area contributed by atoms with E-state index >= 15 is 0 Å². The third-order valence-electron chi connectivity index (χ3n) is 8.22. The molecule has 0 unspecified atom stereocenters. The predicted molar refractivity (Wildman–Crippen MR) is 166 cm³/mol. The topological polar surface area (TPSA) is 9.23 Å². The molecular weight excluding hydrogens is 472 g/mol. The van der Waals surface area contributed by atoms with Gasteiger partial charge in [0.2, 0.25) is 0 Å². The highest BCUT2D eigenvalue weighted by Gasteiger charge is 2.46. The Morgan fingerprint density at radius 2 is 1.21 bits per heavy atom. The van der Waals surface area contributed by atoms with Crippen molar-refractivity contribution in [2.45, 2.75) is 72.8 Å². The van der Waals surface area contributed by atoms with Gasteiger partial charge in [-0.25, -0.2) is 0 Å². The summed E-state index contributed by atoms with van der Waals surface area (Å²) in [4.78, 5) is 0. The summed E-state index contributed by atoms with van der Waals surface area (Å²) in [6.45, 7) is 21.9. The van der Waals surface area contributed by atoms with Crippen LogP contribution in [0, 0.1) is 19.3 Å². The zero-order chi connectivity index (χ0) is 28.2. The number of ether oxygens (including phenoxy) is 1. The van der Waals surface area contributed by atoms with Gasteiger partial charge in [-0.2, -0.15) is 0 Å². The molecule has 0 aliphatic heterocycles. The Morgan fingerprint density at radius 1 is 0.692 bits per heavy atom. The molecular formula is C38H42O. The molecule has 1 aliphatic rings. The average molecular weight is 515 g/mol. The van der Waals surface area contributed by atoms with Gasteiger partial charge in [-0.1, -0.05) is 112 Å². The summed E-state index contributed by atoms with van der Waals surface area (Å²) in [5, 5.41) is 0. The molecule has 1 aliphatic carbocycles. The summed E-state index contributed by atoms with van der Waals surface area (Å²) in [5.41, 5.74) is 12.3. The van der Waals surface area contributed by atoms with Crippen LogP contribution in [-0.4, -0.2) is 5.60 Å². The first-order valence-electron chi connectivity index (χ1n) is 14.1. The van der Waals surface area contributed by atoms with Crippen molar-refractivity contribution in [3.8, 4) is 16.9 Å². The highest BCUT2D eigenvalue weighted by atomic mass is 16.5. The van der Waals surface area contributed by atoms with Crippen molar-refractivity contribution < 1.29 is 4.74 Å². The van der Waals surface area contributed by atoms with Gasteiger partial charge in [0, 0.05) is 0 Å². The summed E-state index contributed by atoms with van der Waals surface area (Å²) >= 11 is 0. The number of aryl methyl sites for hydroxylation is 2. The van der Waals surface area contributed by atoms with Gasteiger partial charge in [-0.05, 0) is 103 Å². The highest BCUT2D eigenvalue weighted by Crippen LogP contribution is 2.56. The van der Waals surface area contributed by atoms with Gasteiger partial charge in [-0.15, -0.1) is 0 Å². The van der Waals surface area contributed by atoms with Gasteiger partial charge in [0.25, 0.3) is 0 Å². The Hall–Kier alpha value is -3.58. The summed E-state index contributed by atoms with van der Waals surface area (Å²) in [5.74, 6) is 0.938. The van der Waals surface area contributed by atoms with Crippen LogP contribution in [0.4, 0.5) is 0 Å².